The molecule has 0 fully saturated rings. The molecule has 7 nitrogen and oxygen atoms in total. The fraction of sp³-hybridized carbons (Fsp3) is 0.364. The molecule has 1 N–H and O–H groups in total. The smallest absolute Gasteiger partial charge is 0.338 e. The van der Waals surface area contributed by atoms with E-state index in [9.17, 15) is 18.0 Å². The second kappa shape index (κ2) is 8.87. The van der Waals surface area contributed by atoms with Gasteiger partial charge in [-0.1, -0.05) is 38.1 Å². The third kappa shape index (κ3) is 4.64. The van der Waals surface area contributed by atoms with Crippen LogP contribution in [-0.4, -0.2) is 39.5 Å². The van der Waals surface area contributed by atoms with Gasteiger partial charge in [0.15, 0.2) is 6.61 Å². The molecule has 0 saturated heterocycles. The Morgan fingerprint density at radius 3 is 2.63 bits per heavy atom. The minimum Gasteiger partial charge on any atom is -0.452 e. The summed E-state index contributed by atoms with van der Waals surface area (Å²) in [5.74, 6) is -0.866. The van der Waals surface area contributed by atoms with Gasteiger partial charge in [0, 0.05) is 12.6 Å². The average molecular weight is 431 g/mol. The summed E-state index contributed by atoms with van der Waals surface area (Å²) in [6.45, 7) is 5.83. The van der Waals surface area contributed by atoms with E-state index in [1.54, 1.807) is 12.1 Å². The van der Waals surface area contributed by atoms with Crippen molar-refractivity contribution >= 4 is 27.6 Å². The third-order valence-electron chi connectivity index (χ3n) is 4.81. The number of nitrogens with zero attached hydrogens (tertiary/aromatic N) is 1. The van der Waals surface area contributed by atoms with E-state index >= 15 is 0 Å². The zero-order valence-electron chi connectivity index (χ0n) is 17.3. The van der Waals surface area contributed by atoms with Gasteiger partial charge >= 0.3 is 5.97 Å². The van der Waals surface area contributed by atoms with Crippen molar-refractivity contribution in [3.05, 3.63) is 59.7 Å². The Balaban J connectivity index is 1.76. The van der Waals surface area contributed by atoms with Crippen LogP contribution >= 0.6 is 0 Å². The number of ether oxygens (including phenoxy) is 1. The van der Waals surface area contributed by atoms with Gasteiger partial charge in [-0.15, -0.1) is 0 Å². The van der Waals surface area contributed by atoms with Crippen molar-refractivity contribution in [2.75, 3.05) is 17.5 Å². The van der Waals surface area contributed by atoms with Crippen LogP contribution in [0.4, 0.5) is 5.69 Å². The lowest BCUT2D eigenvalue weighted by molar-refractivity contribution is -0.124. The number of carbonyl (C=O) groups excluding carboxylic acids is 2. The summed E-state index contributed by atoms with van der Waals surface area (Å²) in [5.41, 5.74) is 1.70. The summed E-state index contributed by atoms with van der Waals surface area (Å²) < 4.78 is 33.0. The van der Waals surface area contributed by atoms with Crippen LogP contribution in [0.1, 0.15) is 36.7 Å². The number of fused-ring (bicyclic) bond motifs is 1. The minimum atomic E-state index is -3.86. The fourth-order valence-corrected chi connectivity index (χ4v) is 5.12. The van der Waals surface area contributed by atoms with E-state index < -0.39 is 28.5 Å². The number of carbonyl (C=O) groups is 2. The number of hydrogen-bond acceptors (Lipinski definition) is 5. The summed E-state index contributed by atoms with van der Waals surface area (Å²) in [7, 11) is -3.86. The van der Waals surface area contributed by atoms with Crippen molar-refractivity contribution in [3.63, 3.8) is 0 Å². The first-order valence-electron chi connectivity index (χ1n) is 9.86. The predicted octanol–water partition coefficient (Wildman–Crippen LogP) is 2.76. The van der Waals surface area contributed by atoms with E-state index in [2.05, 4.69) is 5.32 Å². The van der Waals surface area contributed by atoms with Gasteiger partial charge in [0.2, 0.25) is 0 Å². The Morgan fingerprint density at radius 2 is 1.90 bits per heavy atom. The second-order valence-electron chi connectivity index (χ2n) is 7.78. The molecule has 0 radical (unpaired) electrons. The molecule has 1 amide bonds. The molecule has 1 heterocycles. The number of rotatable bonds is 7. The molecule has 0 saturated carbocycles. The highest BCUT2D eigenvalue weighted by molar-refractivity contribution is 7.92. The normalized spacial score (nSPS) is 15.7. The first kappa shape index (κ1) is 21.8. The fourth-order valence-electron chi connectivity index (χ4n) is 3.38. The molecule has 160 valence electrons. The van der Waals surface area contributed by atoms with Gasteiger partial charge in [-0.25, -0.2) is 13.2 Å². The predicted molar refractivity (Wildman–Crippen MR) is 114 cm³/mol. The number of benzene rings is 2. The second-order valence-corrected chi connectivity index (χ2v) is 9.60. The highest BCUT2D eigenvalue weighted by Gasteiger charge is 2.36. The zero-order valence-corrected chi connectivity index (χ0v) is 18.1. The van der Waals surface area contributed by atoms with Crippen LogP contribution in [0.3, 0.4) is 0 Å². The maximum absolute atomic E-state index is 13.3. The molecular formula is C22H26N2O5S. The molecule has 0 aliphatic carbocycles. The van der Waals surface area contributed by atoms with Crippen LogP contribution in [-0.2, 0) is 26.0 Å². The Morgan fingerprint density at radius 1 is 1.17 bits per heavy atom. The van der Waals surface area contributed by atoms with Gasteiger partial charge in [-0.3, -0.25) is 9.10 Å². The molecule has 0 spiro atoms. The first-order chi connectivity index (χ1) is 14.2. The molecule has 1 aliphatic rings. The summed E-state index contributed by atoms with van der Waals surface area (Å²) in [6, 6.07) is 12.9. The molecule has 8 heteroatoms. The maximum atomic E-state index is 13.3. The third-order valence-corrected chi connectivity index (χ3v) is 6.74. The number of hydrogen-bond donors (Lipinski definition) is 1. The van der Waals surface area contributed by atoms with Crippen LogP contribution in [0.5, 0.6) is 0 Å². The van der Waals surface area contributed by atoms with E-state index in [-0.39, 0.29) is 22.4 Å². The number of nitrogens with one attached hydrogen (secondary N) is 1. The Bertz CT molecular complexity index is 1050. The van der Waals surface area contributed by atoms with Gasteiger partial charge in [0.1, 0.15) is 0 Å². The molecule has 1 atom stereocenters. The van der Waals surface area contributed by atoms with Crippen molar-refractivity contribution in [3.8, 4) is 0 Å². The number of para-hydroxylation sites is 1. The Kier molecular flexibility index (Phi) is 6.45. The van der Waals surface area contributed by atoms with Crippen molar-refractivity contribution in [2.45, 2.75) is 38.1 Å². The van der Waals surface area contributed by atoms with Crippen molar-refractivity contribution in [2.24, 2.45) is 5.92 Å². The summed E-state index contributed by atoms with van der Waals surface area (Å²) in [6.07, 6.45) is 0.628. The van der Waals surface area contributed by atoms with Crippen LogP contribution in [0.2, 0.25) is 0 Å². The molecule has 2 aromatic rings. The van der Waals surface area contributed by atoms with Gasteiger partial charge < -0.3 is 10.1 Å². The van der Waals surface area contributed by atoms with Crippen LogP contribution in [0.15, 0.2) is 53.4 Å². The van der Waals surface area contributed by atoms with Crippen molar-refractivity contribution in [1.29, 1.82) is 0 Å². The molecule has 1 aliphatic heterocycles. The van der Waals surface area contributed by atoms with Crippen LogP contribution in [0, 0.1) is 5.92 Å². The molecule has 3 rings (SSSR count). The average Bonchev–Trinajstić information content (AvgIpc) is 3.06. The number of sulfonamides is 1. The zero-order chi connectivity index (χ0) is 21.9. The maximum Gasteiger partial charge on any atom is 0.338 e. The lowest BCUT2D eigenvalue weighted by Gasteiger charge is -2.24. The largest absolute Gasteiger partial charge is 0.452 e. The summed E-state index contributed by atoms with van der Waals surface area (Å²) >= 11 is 0. The van der Waals surface area contributed by atoms with Gasteiger partial charge in [-0.2, -0.15) is 0 Å². The van der Waals surface area contributed by atoms with E-state index in [1.807, 2.05) is 32.9 Å². The highest BCUT2D eigenvalue weighted by atomic mass is 32.2. The van der Waals surface area contributed by atoms with Gasteiger partial charge in [0.25, 0.3) is 15.9 Å². The Hall–Kier alpha value is -2.87. The SMILES string of the molecule is CC(C)CNC(=O)COC(=O)c1cccc(S(=O)(=O)N2c3ccccc3CC2C)c1. The summed E-state index contributed by atoms with van der Waals surface area (Å²) in [4.78, 5) is 24.1. The molecule has 30 heavy (non-hydrogen) atoms. The van der Waals surface area contributed by atoms with E-state index in [4.69, 9.17) is 4.74 Å². The standard InChI is InChI=1S/C22H26N2O5S/c1-15(2)13-23-21(25)14-29-22(26)18-8-6-9-19(12-18)30(27,28)24-16(3)11-17-7-4-5-10-20(17)24/h4-10,12,15-16H,11,13-14H2,1-3H3,(H,23,25). The lowest BCUT2D eigenvalue weighted by Crippen LogP contribution is -2.35. The number of esters is 1. The monoisotopic (exact) mass is 430 g/mol. The summed E-state index contributed by atoms with van der Waals surface area (Å²) in [5, 5.41) is 2.66. The number of anilines is 1. The highest BCUT2D eigenvalue weighted by Crippen LogP contribution is 2.36. The molecule has 2 aromatic carbocycles. The van der Waals surface area contributed by atoms with Crippen molar-refractivity contribution in [1.82, 2.24) is 5.32 Å². The van der Waals surface area contributed by atoms with Crippen LogP contribution < -0.4 is 9.62 Å². The number of amides is 1. The Labute approximate surface area is 177 Å². The van der Waals surface area contributed by atoms with Crippen molar-refractivity contribution < 1.29 is 22.7 Å². The van der Waals surface area contributed by atoms with Crippen LogP contribution in [0.25, 0.3) is 0 Å². The molecular weight excluding hydrogens is 404 g/mol. The first-order valence-corrected chi connectivity index (χ1v) is 11.3. The molecule has 0 bridgehead atoms. The van der Waals surface area contributed by atoms with Gasteiger partial charge in [0.05, 0.1) is 16.1 Å². The van der Waals surface area contributed by atoms with E-state index in [1.165, 1.54) is 28.6 Å². The molecule has 1 unspecified atom stereocenters. The lowest BCUT2D eigenvalue weighted by atomic mass is 10.1. The van der Waals surface area contributed by atoms with E-state index in [0.717, 1.165) is 5.56 Å². The minimum absolute atomic E-state index is 0.00441. The molecule has 0 aromatic heterocycles. The topological polar surface area (TPSA) is 92.8 Å². The van der Waals surface area contributed by atoms with E-state index in [0.29, 0.717) is 18.7 Å². The van der Waals surface area contributed by atoms with Gasteiger partial charge in [-0.05, 0) is 49.1 Å². The quantitative estimate of drug-likeness (QED) is 0.682.